The Morgan fingerprint density at radius 2 is 2.10 bits per heavy atom. The summed E-state index contributed by atoms with van der Waals surface area (Å²) >= 11 is 5.94. The van der Waals surface area contributed by atoms with Gasteiger partial charge in [-0.05, 0) is 29.8 Å². The van der Waals surface area contributed by atoms with E-state index in [1.165, 1.54) is 6.33 Å². The van der Waals surface area contributed by atoms with Crippen molar-refractivity contribution in [1.29, 1.82) is 0 Å². The van der Waals surface area contributed by atoms with Crippen molar-refractivity contribution >= 4 is 28.2 Å². The molecule has 4 nitrogen and oxygen atoms in total. The third kappa shape index (κ3) is 2.65. The quantitative estimate of drug-likeness (QED) is 0.749. The van der Waals surface area contributed by atoms with Gasteiger partial charge in [0.1, 0.15) is 18.7 Å². The number of nitrogens with zero attached hydrogens (tertiary/aromatic N) is 2. The molecule has 0 spiro atoms. The Balaban J connectivity index is 1.85. The summed E-state index contributed by atoms with van der Waals surface area (Å²) in [7, 11) is 0. The molecule has 5 heteroatoms. The second kappa shape index (κ2) is 5.35. The molecule has 3 rings (SSSR count). The molecule has 20 heavy (non-hydrogen) atoms. The van der Waals surface area contributed by atoms with E-state index in [-0.39, 0.29) is 0 Å². The molecule has 0 aliphatic heterocycles. The first-order valence-corrected chi connectivity index (χ1v) is 6.46. The molecule has 0 amide bonds. The van der Waals surface area contributed by atoms with Crippen molar-refractivity contribution in [2.45, 2.75) is 6.61 Å². The minimum absolute atomic E-state index is 0.407. The second-order valence-corrected chi connectivity index (χ2v) is 4.83. The zero-order chi connectivity index (χ0) is 13.9. The number of ether oxygens (including phenoxy) is 1. The van der Waals surface area contributed by atoms with E-state index in [9.17, 15) is 0 Å². The summed E-state index contributed by atoms with van der Waals surface area (Å²) in [6.45, 7) is 0.407. The maximum Gasteiger partial charge on any atom is 0.143 e. The highest BCUT2D eigenvalue weighted by molar-refractivity contribution is 6.30. The van der Waals surface area contributed by atoms with Crippen molar-refractivity contribution in [3.8, 4) is 5.75 Å². The van der Waals surface area contributed by atoms with Gasteiger partial charge in [0.15, 0.2) is 0 Å². The lowest BCUT2D eigenvalue weighted by Gasteiger charge is -2.10. The molecule has 0 unspecified atom stereocenters. The van der Waals surface area contributed by atoms with Gasteiger partial charge < -0.3 is 10.5 Å². The Kier molecular flexibility index (Phi) is 3.39. The van der Waals surface area contributed by atoms with Gasteiger partial charge >= 0.3 is 0 Å². The van der Waals surface area contributed by atoms with Crippen LogP contribution < -0.4 is 10.5 Å². The number of halogens is 1. The van der Waals surface area contributed by atoms with E-state index in [2.05, 4.69) is 9.97 Å². The number of benzene rings is 2. The lowest BCUT2D eigenvalue weighted by Crippen LogP contribution is -1.99. The normalized spacial score (nSPS) is 10.7. The molecule has 3 aromatic rings. The van der Waals surface area contributed by atoms with E-state index in [1.54, 1.807) is 12.3 Å². The summed E-state index contributed by atoms with van der Waals surface area (Å²) < 4.78 is 5.75. The SMILES string of the molecule is Nc1cc2ncncc2cc1OCc1cccc(Cl)c1. The lowest BCUT2D eigenvalue weighted by molar-refractivity contribution is 0.308. The highest BCUT2D eigenvalue weighted by Crippen LogP contribution is 2.27. The molecule has 0 bridgehead atoms. The minimum atomic E-state index is 0.407. The Morgan fingerprint density at radius 3 is 2.95 bits per heavy atom. The molecule has 1 aromatic heterocycles. The van der Waals surface area contributed by atoms with Crippen molar-refractivity contribution in [1.82, 2.24) is 9.97 Å². The van der Waals surface area contributed by atoms with Crippen molar-refractivity contribution in [3.63, 3.8) is 0 Å². The van der Waals surface area contributed by atoms with Crippen LogP contribution >= 0.6 is 11.6 Å². The van der Waals surface area contributed by atoms with Gasteiger partial charge in [-0.15, -0.1) is 0 Å². The largest absolute Gasteiger partial charge is 0.487 e. The summed E-state index contributed by atoms with van der Waals surface area (Å²) in [4.78, 5) is 8.14. The molecule has 100 valence electrons. The van der Waals surface area contributed by atoms with E-state index in [0.29, 0.717) is 23.1 Å². The number of rotatable bonds is 3. The molecule has 2 aromatic carbocycles. The van der Waals surface area contributed by atoms with Crippen LogP contribution in [0.5, 0.6) is 5.75 Å². The highest BCUT2D eigenvalue weighted by atomic mass is 35.5. The van der Waals surface area contributed by atoms with Crippen molar-refractivity contribution < 1.29 is 4.74 Å². The molecule has 2 N–H and O–H groups in total. The third-order valence-corrected chi connectivity index (χ3v) is 3.15. The van der Waals surface area contributed by atoms with Crippen LogP contribution in [0.3, 0.4) is 0 Å². The molecule has 0 aliphatic carbocycles. The zero-order valence-corrected chi connectivity index (χ0v) is 11.3. The number of aromatic nitrogens is 2. The van der Waals surface area contributed by atoms with Gasteiger partial charge in [-0.1, -0.05) is 23.7 Å². The summed E-state index contributed by atoms with van der Waals surface area (Å²) in [5.74, 6) is 0.618. The van der Waals surface area contributed by atoms with Crippen LogP contribution in [0.15, 0.2) is 48.9 Å². The predicted octanol–water partition coefficient (Wildman–Crippen LogP) is 3.44. The number of hydrogen-bond donors (Lipinski definition) is 1. The maximum atomic E-state index is 5.97. The number of hydrogen-bond acceptors (Lipinski definition) is 4. The fraction of sp³-hybridized carbons (Fsp3) is 0.0667. The number of anilines is 1. The van der Waals surface area contributed by atoms with E-state index >= 15 is 0 Å². The van der Waals surface area contributed by atoms with E-state index in [1.807, 2.05) is 30.3 Å². The van der Waals surface area contributed by atoms with E-state index in [0.717, 1.165) is 16.5 Å². The van der Waals surface area contributed by atoms with Crippen LogP contribution in [0, 0.1) is 0 Å². The average molecular weight is 286 g/mol. The molecule has 0 saturated carbocycles. The molecule has 0 fully saturated rings. The van der Waals surface area contributed by atoms with Gasteiger partial charge in [0.2, 0.25) is 0 Å². The predicted molar refractivity (Wildman–Crippen MR) is 79.7 cm³/mol. The second-order valence-electron chi connectivity index (χ2n) is 4.39. The molecule has 0 atom stereocenters. The van der Waals surface area contributed by atoms with Gasteiger partial charge in [0, 0.05) is 16.6 Å². The topological polar surface area (TPSA) is 61.0 Å². The monoisotopic (exact) mass is 285 g/mol. The Labute approximate surface area is 121 Å². The number of nitrogens with two attached hydrogens (primary N) is 1. The molecular weight excluding hydrogens is 274 g/mol. The average Bonchev–Trinajstić information content (AvgIpc) is 2.45. The van der Waals surface area contributed by atoms with E-state index < -0.39 is 0 Å². The lowest BCUT2D eigenvalue weighted by atomic mass is 10.2. The molecule has 0 saturated heterocycles. The Morgan fingerprint density at radius 1 is 1.20 bits per heavy atom. The standard InChI is InChI=1S/C15H12ClN3O/c16-12-3-1-2-10(4-12)8-20-15-5-11-7-18-9-19-14(11)6-13(15)17/h1-7,9H,8,17H2. The van der Waals surface area contributed by atoms with Gasteiger partial charge in [0.05, 0.1) is 11.2 Å². The van der Waals surface area contributed by atoms with Crippen molar-refractivity contribution in [3.05, 3.63) is 59.5 Å². The Hall–Kier alpha value is -2.33. The molecule has 1 heterocycles. The third-order valence-electron chi connectivity index (χ3n) is 2.92. The first kappa shape index (κ1) is 12.7. The summed E-state index contributed by atoms with van der Waals surface area (Å²) in [5.41, 5.74) is 8.31. The summed E-state index contributed by atoms with van der Waals surface area (Å²) in [6, 6.07) is 11.2. The molecular formula is C15H12ClN3O. The first-order valence-electron chi connectivity index (χ1n) is 6.09. The number of fused-ring (bicyclic) bond motifs is 1. The van der Waals surface area contributed by atoms with Gasteiger partial charge in [-0.25, -0.2) is 9.97 Å². The Bertz CT molecular complexity index is 761. The molecule has 0 radical (unpaired) electrons. The van der Waals surface area contributed by atoms with Crippen LogP contribution in [0.1, 0.15) is 5.56 Å². The van der Waals surface area contributed by atoms with Crippen molar-refractivity contribution in [2.24, 2.45) is 0 Å². The minimum Gasteiger partial charge on any atom is -0.487 e. The van der Waals surface area contributed by atoms with Crippen LogP contribution in [0.2, 0.25) is 5.02 Å². The van der Waals surface area contributed by atoms with Crippen LogP contribution in [0.25, 0.3) is 10.9 Å². The van der Waals surface area contributed by atoms with Gasteiger partial charge in [-0.2, -0.15) is 0 Å². The van der Waals surface area contributed by atoms with Gasteiger partial charge in [-0.3, -0.25) is 0 Å². The van der Waals surface area contributed by atoms with Crippen LogP contribution in [-0.4, -0.2) is 9.97 Å². The fourth-order valence-corrected chi connectivity index (χ4v) is 2.15. The fourth-order valence-electron chi connectivity index (χ4n) is 1.94. The van der Waals surface area contributed by atoms with Crippen LogP contribution in [-0.2, 0) is 6.61 Å². The van der Waals surface area contributed by atoms with Gasteiger partial charge in [0.25, 0.3) is 0 Å². The first-order chi connectivity index (χ1) is 9.72. The highest BCUT2D eigenvalue weighted by Gasteiger charge is 2.05. The number of nitrogen functional groups attached to an aromatic ring is 1. The zero-order valence-electron chi connectivity index (χ0n) is 10.6. The summed E-state index contributed by atoms with van der Waals surface area (Å²) in [5, 5.41) is 1.58. The summed E-state index contributed by atoms with van der Waals surface area (Å²) in [6.07, 6.45) is 3.22. The smallest absolute Gasteiger partial charge is 0.143 e. The maximum absolute atomic E-state index is 5.97. The van der Waals surface area contributed by atoms with Crippen LogP contribution in [0.4, 0.5) is 5.69 Å². The molecule has 0 aliphatic rings. The van der Waals surface area contributed by atoms with Crippen molar-refractivity contribution in [2.75, 3.05) is 5.73 Å². The van der Waals surface area contributed by atoms with E-state index in [4.69, 9.17) is 22.1 Å².